The zero-order chi connectivity index (χ0) is 13.6. The molecule has 1 aliphatic carbocycles. The highest BCUT2D eigenvalue weighted by molar-refractivity contribution is 14.0. The predicted octanol–water partition coefficient (Wildman–Crippen LogP) is 1.68. The second-order valence-electron chi connectivity index (χ2n) is 5.21. The largest absolute Gasteiger partial charge is 0.381 e. The Morgan fingerprint density at radius 3 is 2.55 bits per heavy atom. The summed E-state index contributed by atoms with van der Waals surface area (Å²) in [5, 5.41) is 6.82. The molecule has 0 aromatic rings. The van der Waals surface area contributed by atoms with Gasteiger partial charge in [0.15, 0.2) is 5.96 Å². The van der Waals surface area contributed by atoms with Crippen molar-refractivity contribution in [2.24, 2.45) is 4.99 Å². The molecule has 2 aliphatic rings. The van der Waals surface area contributed by atoms with Crippen molar-refractivity contribution >= 4 is 29.9 Å². The van der Waals surface area contributed by atoms with E-state index in [0.29, 0.717) is 6.04 Å². The summed E-state index contributed by atoms with van der Waals surface area (Å²) in [6.07, 6.45) is 8.42. The van der Waals surface area contributed by atoms with Gasteiger partial charge in [-0.05, 0) is 12.8 Å². The molecule has 1 heterocycles. The average molecular weight is 395 g/mol. The Labute approximate surface area is 138 Å². The third-order valence-corrected chi connectivity index (χ3v) is 3.99. The molecule has 0 bridgehead atoms. The fourth-order valence-electron chi connectivity index (χ4n) is 2.56. The van der Waals surface area contributed by atoms with E-state index in [-0.39, 0.29) is 29.6 Å². The van der Waals surface area contributed by atoms with Gasteiger partial charge in [0, 0.05) is 52.8 Å². The zero-order valence-corrected chi connectivity index (χ0v) is 14.7. The van der Waals surface area contributed by atoms with Crippen LogP contribution >= 0.6 is 24.0 Å². The third kappa shape index (κ3) is 4.89. The number of hydrogen-bond acceptors (Lipinski definition) is 3. The molecule has 2 rings (SSSR count). The van der Waals surface area contributed by atoms with Crippen LogP contribution in [0, 0.1) is 0 Å². The monoisotopic (exact) mass is 395 g/mol. The summed E-state index contributed by atoms with van der Waals surface area (Å²) in [4.78, 5) is 4.28. The lowest BCUT2D eigenvalue weighted by molar-refractivity contribution is -0.0855. The van der Waals surface area contributed by atoms with Crippen LogP contribution in [0.3, 0.4) is 0 Å². The van der Waals surface area contributed by atoms with Crippen LogP contribution in [0.1, 0.15) is 25.7 Å². The first-order chi connectivity index (χ1) is 9.28. The van der Waals surface area contributed by atoms with Gasteiger partial charge in [0.25, 0.3) is 0 Å². The Morgan fingerprint density at radius 1 is 1.35 bits per heavy atom. The summed E-state index contributed by atoms with van der Waals surface area (Å²) in [5.41, 5.74) is -0.121. The van der Waals surface area contributed by atoms with Crippen molar-refractivity contribution in [3.63, 3.8) is 0 Å². The molecule has 116 valence electrons. The van der Waals surface area contributed by atoms with E-state index in [4.69, 9.17) is 9.47 Å². The molecular formula is C14H26IN3O2. The molecule has 2 N–H and O–H groups in total. The molecule has 1 fully saturated rings. The molecule has 0 spiro atoms. The first-order valence-electron chi connectivity index (χ1n) is 7.03. The van der Waals surface area contributed by atoms with Gasteiger partial charge in [-0.15, -0.1) is 24.0 Å². The van der Waals surface area contributed by atoms with E-state index >= 15 is 0 Å². The van der Waals surface area contributed by atoms with Gasteiger partial charge in [-0.3, -0.25) is 4.99 Å². The van der Waals surface area contributed by atoms with Gasteiger partial charge in [-0.25, -0.2) is 0 Å². The first-order valence-corrected chi connectivity index (χ1v) is 7.03. The maximum atomic E-state index is 5.71. The summed E-state index contributed by atoms with van der Waals surface area (Å²) in [6, 6.07) is 0.472. The number of nitrogens with one attached hydrogen (secondary N) is 2. The lowest BCUT2D eigenvalue weighted by Gasteiger charge is -2.36. The zero-order valence-electron chi connectivity index (χ0n) is 12.4. The average Bonchev–Trinajstić information content (AvgIpc) is 2.97. The van der Waals surface area contributed by atoms with Crippen LogP contribution < -0.4 is 10.6 Å². The minimum absolute atomic E-state index is 0. The Hall–Kier alpha value is -0.340. The van der Waals surface area contributed by atoms with E-state index in [1.165, 1.54) is 0 Å². The van der Waals surface area contributed by atoms with Crippen LogP contribution in [0.2, 0.25) is 0 Å². The number of aliphatic imine (C=N–C) groups is 1. The van der Waals surface area contributed by atoms with E-state index < -0.39 is 0 Å². The molecule has 5 nitrogen and oxygen atoms in total. The van der Waals surface area contributed by atoms with E-state index in [1.54, 1.807) is 14.2 Å². The maximum absolute atomic E-state index is 5.71. The van der Waals surface area contributed by atoms with E-state index in [0.717, 1.165) is 51.4 Å². The summed E-state index contributed by atoms with van der Waals surface area (Å²) >= 11 is 0. The van der Waals surface area contributed by atoms with Gasteiger partial charge in [-0.1, -0.05) is 12.2 Å². The summed E-state index contributed by atoms with van der Waals surface area (Å²) in [6.45, 7) is 2.31. The number of methoxy groups -OCH3 is 1. The van der Waals surface area contributed by atoms with Crippen LogP contribution in [0.15, 0.2) is 17.1 Å². The highest BCUT2D eigenvalue weighted by Crippen LogP contribution is 2.23. The molecule has 0 amide bonds. The molecule has 0 radical (unpaired) electrons. The number of nitrogens with zero attached hydrogens (tertiary/aromatic N) is 1. The molecule has 0 saturated carbocycles. The molecule has 0 unspecified atom stereocenters. The Balaban J connectivity index is 0.00000200. The molecule has 1 saturated heterocycles. The lowest BCUT2D eigenvalue weighted by atomic mass is 9.94. The molecular weight excluding hydrogens is 369 g/mol. The fraction of sp³-hybridized carbons (Fsp3) is 0.786. The van der Waals surface area contributed by atoms with Crippen molar-refractivity contribution in [3.05, 3.63) is 12.2 Å². The van der Waals surface area contributed by atoms with Crippen molar-refractivity contribution in [2.75, 3.05) is 33.9 Å². The quantitative estimate of drug-likeness (QED) is 0.329. The van der Waals surface area contributed by atoms with E-state index in [2.05, 4.69) is 27.8 Å². The minimum atomic E-state index is -0.121. The van der Waals surface area contributed by atoms with Crippen molar-refractivity contribution in [2.45, 2.75) is 37.3 Å². The molecule has 1 aliphatic heterocycles. The number of ether oxygens (including phenoxy) is 2. The normalized spacial score (nSPS) is 22.4. The molecule has 20 heavy (non-hydrogen) atoms. The van der Waals surface area contributed by atoms with Crippen LogP contribution in [0.4, 0.5) is 0 Å². The second-order valence-corrected chi connectivity index (χ2v) is 5.21. The first kappa shape index (κ1) is 17.7. The topological polar surface area (TPSA) is 54.9 Å². The second kappa shape index (κ2) is 8.84. The van der Waals surface area contributed by atoms with Gasteiger partial charge in [0.2, 0.25) is 0 Å². The third-order valence-electron chi connectivity index (χ3n) is 3.99. The van der Waals surface area contributed by atoms with Gasteiger partial charge < -0.3 is 20.1 Å². The fourth-order valence-corrected chi connectivity index (χ4v) is 2.56. The smallest absolute Gasteiger partial charge is 0.191 e. The Bertz CT molecular complexity index is 333. The van der Waals surface area contributed by atoms with Crippen molar-refractivity contribution in [1.29, 1.82) is 0 Å². The highest BCUT2D eigenvalue weighted by atomic mass is 127. The maximum Gasteiger partial charge on any atom is 0.191 e. The highest BCUT2D eigenvalue weighted by Gasteiger charge is 2.32. The van der Waals surface area contributed by atoms with Gasteiger partial charge in [0.1, 0.15) is 0 Å². The van der Waals surface area contributed by atoms with Crippen molar-refractivity contribution < 1.29 is 9.47 Å². The SMILES string of the molecule is CN=C(NCC1(OC)CCOCC1)NC1CC=CC1.I. The molecule has 0 aromatic carbocycles. The summed E-state index contributed by atoms with van der Waals surface area (Å²) in [7, 11) is 3.59. The standard InChI is InChI=1S/C14H25N3O2.HI/c1-15-13(17-12-5-3-4-6-12)16-11-14(18-2)7-9-19-10-8-14;/h3-4,12H,5-11H2,1-2H3,(H2,15,16,17);1H. The number of guanidine groups is 1. The minimum Gasteiger partial charge on any atom is -0.381 e. The Kier molecular flexibility index (Phi) is 7.83. The van der Waals surface area contributed by atoms with Crippen LogP contribution in [-0.4, -0.2) is 51.5 Å². The lowest BCUT2D eigenvalue weighted by Crippen LogP contribution is -2.52. The van der Waals surface area contributed by atoms with E-state index in [1.807, 2.05) is 0 Å². The van der Waals surface area contributed by atoms with Crippen LogP contribution in [0.25, 0.3) is 0 Å². The molecule has 6 heteroatoms. The predicted molar refractivity (Wildman–Crippen MR) is 91.9 cm³/mol. The molecule has 0 aromatic heterocycles. The van der Waals surface area contributed by atoms with Crippen molar-refractivity contribution in [3.8, 4) is 0 Å². The van der Waals surface area contributed by atoms with Crippen molar-refractivity contribution in [1.82, 2.24) is 10.6 Å². The van der Waals surface area contributed by atoms with Crippen LogP contribution in [0.5, 0.6) is 0 Å². The number of rotatable bonds is 4. The van der Waals surface area contributed by atoms with Gasteiger partial charge in [0.05, 0.1) is 5.60 Å². The summed E-state index contributed by atoms with van der Waals surface area (Å²) < 4.78 is 11.1. The van der Waals surface area contributed by atoms with Gasteiger partial charge in [-0.2, -0.15) is 0 Å². The van der Waals surface area contributed by atoms with Crippen LogP contribution in [-0.2, 0) is 9.47 Å². The number of halogens is 1. The molecule has 0 atom stereocenters. The van der Waals surface area contributed by atoms with Gasteiger partial charge >= 0.3 is 0 Å². The summed E-state index contributed by atoms with van der Waals surface area (Å²) in [5.74, 6) is 0.858. The van der Waals surface area contributed by atoms with E-state index in [9.17, 15) is 0 Å². The number of hydrogen-bond donors (Lipinski definition) is 2. The Morgan fingerprint density at radius 2 is 2.00 bits per heavy atom.